The Labute approximate surface area is 269 Å². The van der Waals surface area contributed by atoms with Crippen LogP contribution in [0.15, 0.2) is 77.8 Å². The summed E-state index contributed by atoms with van der Waals surface area (Å²) in [5.41, 5.74) is 0.140. The number of nitrogens with zero attached hydrogens (tertiary/aromatic N) is 3. The van der Waals surface area contributed by atoms with Gasteiger partial charge < -0.3 is 19.5 Å². The van der Waals surface area contributed by atoms with Crippen molar-refractivity contribution in [3.8, 4) is 0 Å². The standard InChI is InChI=1S/C30H30F7N4O6P/c1-18(21-13-22(29(32,33)34)15-23(14-21)30(35,36)37)47-27-26(20-7-9-24(31)10-8-20)40(11-12-45-27)16-25-38-28(42)41(39-25)48(43,44)46-17-19-5-3-2-4-6-19/h2-10,13-15,18,26-28,42H,11-12,16-17H2,1H3,(H,38,39)(H,43,44)/t18-,26+,27-,28?/m1/s1. The highest BCUT2D eigenvalue weighted by Gasteiger charge is 2.43. The number of aliphatic hydroxyl groups is 1. The number of amidine groups is 1. The molecule has 2 aliphatic rings. The minimum Gasteiger partial charge on any atom is -0.358 e. The lowest BCUT2D eigenvalue weighted by Crippen LogP contribution is -2.50. The van der Waals surface area contributed by atoms with Crippen LogP contribution >= 0.6 is 7.75 Å². The first kappa shape index (κ1) is 35.9. The second kappa shape index (κ2) is 14.2. The molecule has 5 atom stereocenters. The maximum absolute atomic E-state index is 13.9. The third kappa shape index (κ3) is 8.59. The molecule has 3 aromatic rings. The Morgan fingerprint density at radius 3 is 2.25 bits per heavy atom. The Morgan fingerprint density at radius 1 is 1.02 bits per heavy atom. The topological polar surface area (TPSA) is 116 Å². The number of ether oxygens (including phenoxy) is 2. The monoisotopic (exact) mass is 706 g/mol. The molecule has 0 radical (unpaired) electrons. The molecule has 2 heterocycles. The van der Waals surface area contributed by atoms with Crippen molar-refractivity contribution in [1.29, 1.82) is 0 Å². The van der Waals surface area contributed by atoms with Crippen LogP contribution in [0.5, 0.6) is 0 Å². The molecule has 0 spiro atoms. The second-order valence-corrected chi connectivity index (χ2v) is 12.6. The average molecular weight is 707 g/mol. The summed E-state index contributed by atoms with van der Waals surface area (Å²) in [6.07, 6.45) is -14.6. The van der Waals surface area contributed by atoms with Gasteiger partial charge in [-0.25, -0.2) is 13.9 Å². The lowest BCUT2D eigenvalue weighted by molar-refractivity contribution is -0.227. The van der Waals surface area contributed by atoms with E-state index in [2.05, 4.69) is 10.4 Å². The van der Waals surface area contributed by atoms with Gasteiger partial charge in [-0.15, -0.1) is 0 Å². The van der Waals surface area contributed by atoms with E-state index in [9.17, 15) is 45.3 Å². The summed E-state index contributed by atoms with van der Waals surface area (Å²) in [7, 11) is -4.64. The summed E-state index contributed by atoms with van der Waals surface area (Å²) in [6.45, 7) is 1.01. The molecular weight excluding hydrogens is 676 g/mol. The zero-order chi connectivity index (χ0) is 34.9. The normalized spacial score (nSPS) is 23.0. The largest absolute Gasteiger partial charge is 0.427 e. The van der Waals surface area contributed by atoms with Crippen LogP contribution in [0, 0.1) is 5.82 Å². The summed E-state index contributed by atoms with van der Waals surface area (Å²) < 4.78 is 125. The van der Waals surface area contributed by atoms with Gasteiger partial charge in [0.2, 0.25) is 6.35 Å². The van der Waals surface area contributed by atoms with Crippen molar-refractivity contribution in [2.45, 2.75) is 50.7 Å². The Balaban J connectivity index is 1.36. The zero-order valence-electron chi connectivity index (χ0n) is 25.0. The first-order valence-electron chi connectivity index (χ1n) is 14.4. The number of benzene rings is 3. The van der Waals surface area contributed by atoms with Crippen molar-refractivity contribution >= 4 is 13.6 Å². The summed E-state index contributed by atoms with van der Waals surface area (Å²) in [4.78, 5) is 16.2. The van der Waals surface area contributed by atoms with Crippen molar-refractivity contribution in [3.05, 3.63) is 106 Å². The van der Waals surface area contributed by atoms with Gasteiger partial charge in [0.1, 0.15) is 11.7 Å². The molecule has 5 rings (SSSR count). The van der Waals surface area contributed by atoms with Gasteiger partial charge in [-0.1, -0.05) is 47.2 Å². The SMILES string of the molecule is C[C@@H](O[C@H]1OCCN(CC2=NC(O)N(P(=O)(O)OCc3ccccc3)N2)[C@H]1c1ccc(F)cc1)c1cc(C(F)(F)F)cc(C(F)(F)F)c1. The molecule has 10 nitrogen and oxygen atoms in total. The number of hydrazine groups is 1. The molecule has 3 N–H and O–H groups in total. The van der Waals surface area contributed by atoms with E-state index < -0.39 is 67.4 Å². The lowest BCUT2D eigenvalue weighted by atomic mass is 10.0. The van der Waals surface area contributed by atoms with E-state index in [4.69, 9.17) is 14.0 Å². The number of hydrogen-bond donors (Lipinski definition) is 3. The van der Waals surface area contributed by atoms with Crippen molar-refractivity contribution < 1.29 is 59.3 Å². The van der Waals surface area contributed by atoms with Gasteiger partial charge in [0, 0.05) is 6.54 Å². The quantitative estimate of drug-likeness (QED) is 0.169. The van der Waals surface area contributed by atoms with Crippen LogP contribution in [0.25, 0.3) is 0 Å². The predicted octanol–water partition coefficient (Wildman–Crippen LogP) is 6.15. The van der Waals surface area contributed by atoms with E-state index in [1.807, 2.05) is 0 Å². The van der Waals surface area contributed by atoms with E-state index >= 15 is 0 Å². The molecule has 0 aromatic heterocycles. The minimum atomic E-state index is -5.07. The van der Waals surface area contributed by atoms with Gasteiger partial charge in [-0.05, 0) is 53.9 Å². The molecule has 2 aliphatic heterocycles. The first-order chi connectivity index (χ1) is 22.5. The molecule has 0 aliphatic carbocycles. The number of aliphatic hydroxyl groups excluding tert-OH is 1. The molecule has 0 saturated carbocycles. The molecule has 260 valence electrons. The molecule has 0 bridgehead atoms. The maximum atomic E-state index is 13.9. The summed E-state index contributed by atoms with van der Waals surface area (Å²) in [5, 5.41) is 10.5. The minimum absolute atomic E-state index is 0.00796. The number of rotatable bonds is 10. The van der Waals surface area contributed by atoms with Crippen molar-refractivity contribution in [2.24, 2.45) is 4.99 Å². The predicted molar refractivity (Wildman–Crippen MR) is 156 cm³/mol. The lowest BCUT2D eigenvalue weighted by Gasteiger charge is -2.42. The van der Waals surface area contributed by atoms with Gasteiger partial charge in [-0.3, -0.25) is 14.8 Å². The second-order valence-electron chi connectivity index (χ2n) is 11.0. The fourth-order valence-electron chi connectivity index (χ4n) is 5.17. The first-order valence-corrected chi connectivity index (χ1v) is 15.9. The third-order valence-corrected chi connectivity index (χ3v) is 8.86. The highest BCUT2D eigenvalue weighted by Crippen LogP contribution is 2.48. The number of alkyl halides is 6. The zero-order valence-corrected chi connectivity index (χ0v) is 25.9. The number of halogens is 7. The van der Waals surface area contributed by atoms with E-state index in [1.54, 1.807) is 35.2 Å². The van der Waals surface area contributed by atoms with Gasteiger partial charge >= 0.3 is 20.1 Å². The Hall–Kier alpha value is -3.41. The van der Waals surface area contributed by atoms with E-state index in [1.165, 1.54) is 19.1 Å². The molecule has 18 heteroatoms. The van der Waals surface area contributed by atoms with Crippen LogP contribution in [-0.4, -0.2) is 57.9 Å². The molecule has 3 aromatic carbocycles. The third-order valence-electron chi connectivity index (χ3n) is 7.54. The highest BCUT2D eigenvalue weighted by molar-refractivity contribution is 7.50. The smallest absolute Gasteiger partial charge is 0.358 e. The van der Waals surface area contributed by atoms with E-state index in [0.29, 0.717) is 28.0 Å². The van der Waals surface area contributed by atoms with Crippen LogP contribution in [0.1, 0.15) is 46.9 Å². The van der Waals surface area contributed by atoms with Crippen LogP contribution < -0.4 is 5.43 Å². The molecule has 0 amide bonds. The molecular formula is C30H30F7N4O6P. The summed E-state index contributed by atoms with van der Waals surface area (Å²) >= 11 is 0. The molecule has 1 fully saturated rings. The van der Waals surface area contributed by atoms with Gasteiger partial charge in [0.15, 0.2) is 6.29 Å². The number of hydrogen-bond acceptors (Lipinski definition) is 8. The average Bonchev–Trinajstić information content (AvgIpc) is 3.41. The fraction of sp³-hybridized carbons (Fsp3) is 0.367. The Morgan fingerprint density at radius 2 is 1.65 bits per heavy atom. The van der Waals surface area contributed by atoms with Gasteiger partial charge in [0.25, 0.3) is 0 Å². The highest BCUT2D eigenvalue weighted by atomic mass is 31.2. The number of morpholine rings is 1. The Kier molecular flexibility index (Phi) is 10.6. The van der Waals surface area contributed by atoms with Crippen molar-refractivity contribution in [1.82, 2.24) is 15.1 Å². The van der Waals surface area contributed by atoms with E-state index in [0.717, 1.165) is 12.1 Å². The summed E-state index contributed by atoms with van der Waals surface area (Å²) in [6, 6.07) is 13.8. The van der Waals surface area contributed by atoms with Crippen LogP contribution in [0.2, 0.25) is 0 Å². The Bertz CT molecular complexity index is 1610. The number of nitrogens with one attached hydrogen (secondary N) is 1. The van der Waals surface area contributed by atoms with Crippen LogP contribution in [-0.2, 0) is 37.5 Å². The maximum Gasteiger partial charge on any atom is 0.427 e. The van der Waals surface area contributed by atoms with Crippen LogP contribution in [0.3, 0.4) is 0 Å². The molecule has 1 saturated heterocycles. The number of aliphatic imine (C=N–C) groups is 1. The van der Waals surface area contributed by atoms with Crippen molar-refractivity contribution in [3.63, 3.8) is 0 Å². The molecule has 48 heavy (non-hydrogen) atoms. The molecule has 2 unspecified atom stereocenters. The summed E-state index contributed by atoms with van der Waals surface area (Å²) in [5.74, 6) is -0.570. The van der Waals surface area contributed by atoms with E-state index in [-0.39, 0.29) is 38.2 Å². The van der Waals surface area contributed by atoms with Gasteiger partial charge in [0.05, 0.1) is 43.0 Å². The van der Waals surface area contributed by atoms with Gasteiger partial charge in [-0.2, -0.15) is 26.3 Å². The van der Waals surface area contributed by atoms with Crippen molar-refractivity contribution in [2.75, 3.05) is 19.7 Å². The fourth-order valence-corrected chi connectivity index (χ4v) is 6.17. The van der Waals surface area contributed by atoms with Crippen LogP contribution in [0.4, 0.5) is 30.7 Å².